The third-order valence-electron chi connectivity index (χ3n) is 5.84. The Kier molecular flexibility index (Phi) is 5.68. The van der Waals surface area contributed by atoms with Crippen LogP contribution < -0.4 is 10.6 Å². The van der Waals surface area contributed by atoms with Gasteiger partial charge in [-0.05, 0) is 24.3 Å². The van der Waals surface area contributed by atoms with Crippen molar-refractivity contribution >= 4 is 44.6 Å². The Morgan fingerprint density at radius 3 is 2.87 bits per heavy atom. The molecule has 158 valence electrons. The van der Waals surface area contributed by atoms with Gasteiger partial charge in [0.2, 0.25) is 5.91 Å². The zero-order valence-corrected chi connectivity index (χ0v) is 18.4. The quantitative estimate of drug-likeness (QED) is 0.653. The number of primary amides is 1. The highest BCUT2D eigenvalue weighted by atomic mass is 32.1. The molecule has 5 heterocycles. The fourth-order valence-corrected chi connectivity index (χ4v) is 6.02. The van der Waals surface area contributed by atoms with Gasteiger partial charge in [-0.3, -0.25) is 9.69 Å². The summed E-state index contributed by atoms with van der Waals surface area (Å²) in [5.41, 5.74) is 6.83. The number of nitrogens with zero attached hydrogens (tertiary/aromatic N) is 4. The van der Waals surface area contributed by atoms with Crippen LogP contribution in [0.5, 0.6) is 0 Å². The number of morpholine rings is 1. The number of thiophene rings is 2. The van der Waals surface area contributed by atoms with Crippen LogP contribution in [0.3, 0.4) is 0 Å². The molecule has 0 aromatic carbocycles. The molecule has 3 aromatic rings. The number of rotatable bonds is 5. The zero-order chi connectivity index (χ0) is 20.5. The lowest BCUT2D eigenvalue weighted by Gasteiger charge is -2.33. The first-order chi connectivity index (χ1) is 14.7. The summed E-state index contributed by atoms with van der Waals surface area (Å²) < 4.78 is 5.47. The topological polar surface area (TPSA) is 84.6 Å². The van der Waals surface area contributed by atoms with Crippen molar-refractivity contribution in [2.75, 3.05) is 44.3 Å². The van der Waals surface area contributed by atoms with E-state index in [2.05, 4.69) is 32.7 Å². The standard InChI is InChI=1S/C21H25N5O2S2/c22-19(27)14-3-1-5-26(11-14)20-18-15(16-4-2-10-29-16)13-30-21(18)24-17(23-20)12-25-6-8-28-9-7-25/h2,4,10,13-14H,1,3,5-9,11-12H2,(H2,22,27). The fourth-order valence-electron chi connectivity index (χ4n) is 4.24. The van der Waals surface area contributed by atoms with Crippen LogP contribution in [0.25, 0.3) is 20.7 Å². The van der Waals surface area contributed by atoms with Gasteiger partial charge in [0.05, 0.1) is 31.1 Å². The van der Waals surface area contributed by atoms with E-state index in [0.29, 0.717) is 13.1 Å². The Bertz CT molecular complexity index is 1030. The lowest BCUT2D eigenvalue weighted by atomic mass is 9.97. The molecule has 0 spiro atoms. The highest BCUT2D eigenvalue weighted by Crippen LogP contribution is 2.41. The second-order valence-electron chi connectivity index (χ2n) is 7.85. The first-order valence-electron chi connectivity index (χ1n) is 10.4. The van der Waals surface area contributed by atoms with E-state index in [-0.39, 0.29) is 11.8 Å². The molecule has 1 atom stereocenters. The second kappa shape index (κ2) is 8.58. The maximum absolute atomic E-state index is 11.9. The van der Waals surface area contributed by atoms with Crippen LogP contribution in [0.4, 0.5) is 5.82 Å². The Morgan fingerprint density at radius 2 is 2.10 bits per heavy atom. The molecule has 2 fully saturated rings. The number of carbonyl (C=O) groups excluding carboxylic acids is 1. The van der Waals surface area contributed by atoms with Crippen LogP contribution in [0.1, 0.15) is 18.7 Å². The van der Waals surface area contributed by atoms with Crippen LogP contribution in [-0.4, -0.2) is 60.2 Å². The van der Waals surface area contributed by atoms with Crippen molar-refractivity contribution in [2.45, 2.75) is 19.4 Å². The first kappa shape index (κ1) is 19.9. The van der Waals surface area contributed by atoms with Crippen LogP contribution in [-0.2, 0) is 16.1 Å². The Hall–Kier alpha value is -2.07. The van der Waals surface area contributed by atoms with Crippen LogP contribution >= 0.6 is 22.7 Å². The summed E-state index contributed by atoms with van der Waals surface area (Å²) >= 11 is 3.39. The van der Waals surface area contributed by atoms with E-state index in [4.69, 9.17) is 20.4 Å². The number of nitrogens with two attached hydrogens (primary N) is 1. The summed E-state index contributed by atoms with van der Waals surface area (Å²) in [6.45, 7) is 5.52. The number of hydrogen-bond acceptors (Lipinski definition) is 8. The predicted molar refractivity (Wildman–Crippen MR) is 121 cm³/mol. The largest absolute Gasteiger partial charge is 0.379 e. The molecule has 2 saturated heterocycles. The van der Waals surface area contributed by atoms with Crippen molar-refractivity contribution in [2.24, 2.45) is 11.7 Å². The Morgan fingerprint density at radius 1 is 1.23 bits per heavy atom. The number of piperidine rings is 1. The molecule has 2 N–H and O–H groups in total. The monoisotopic (exact) mass is 443 g/mol. The van der Waals surface area contributed by atoms with Crippen molar-refractivity contribution in [3.8, 4) is 10.4 Å². The van der Waals surface area contributed by atoms with Crippen molar-refractivity contribution in [3.63, 3.8) is 0 Å². The smallest absolute Gasteiger partial charge is 0.222 e. The van der Waals surface area contributed by atoms with Gasteiger partial charge >= 0.3 is 0 Å². The molecule has 2 aliphatic rings. The highest BCUT2D eigenvalue weighted by Gasteiger charge is 2.28. The Labute approximate surface area is 183 Å². The molecule has 9 heteroatoms. The van der Waals surface area contributed by atoms with Gasteiger partial charge in [-0.2, -0.15) is 0 Å². The zero-order valence-electron chi connectivity index (χ0n) is 16.7. The van der Waals surface area contributed by atoms with Crippen LogP contribution in [0.2, 0.25) is 0 Å². The summed E-state index contributed by atoms with van der Waals surface area (Å²) in [5, 5.41) is 5.37. The van der Waals surface area contributed by atoms with E-state index in [1.807, 2.05) is 0 Å². The van der Waals surface area contributed by atoms with Crippen molar-refractivity contribution in [3.05, 3.63) is 28.7 Å². The molecule has 7 nitrogen and oxygen atoms in total. The SMILES string of the molecule is NC(=O)C1CCCN(c2nc(CN3CCOCC3)nc3scc(-c4cccs4)c23)C1. The number of ether oxygens (including phenoxy) is 1. The minimum atomic E-state index is -0.220. The lowest BCUT2D eigenvalue weighted by molar-refractivity contribution is -0.122. The van der Waals surface area contributed by atoms with Gasteiger partial charge < -0.3 is 15.4 Å². The van der Waals surface area contributed by atoms with E-state index in [0.717, 1.165) is 67.5 Å². The lowest BCUT2D eigenvalue weighted by Crippen LogP contribution is -2.42. The van der Waals surface area contributed by atoms with Crippen molar-refractivity contribution in [1.82, 2.24) is 14.9 Å². The summed E-state index contributed by atoms with van der Waals surface area (Å²) in [7, 11) is 0. The molecule has 0 aliphatic carbocycles. The number of fused-ring (bicyclic) bond motifs is 1. The number of hydrogen-bond donors (Lipinski definition) is 1. The van der Waals surface area contributed by atoms with Crippen molar-refractivity contribution < 1.29 is 9.53 Å². The number of amides is 1. The third-order valence-corrected chi connectivity index (χ3v) is 7.61. The highest BCUT2D eigenvalue weighted by molar-refractivity contribution is 7.18. The molecule has 30 heavy (non-hydrogen) atoms. The van der Waals surface area contributed by atoms with Gasteiger partial charge in [0.25, 0.3) is 0 Å². The molecule has 1 unspecified atom stereocenters. The molecular weight excluding hydrogens is 418 g/mol. The maximum atomic E-state index is 11.9. The van der Waals surface area contributed by atoms with E-state index in [1.54, 1.807) is 22.7 Å². The summed E-state index contributed by atoms with van der Waals surface area (Å²) in [5.74, 6) is 1.43. The van der Waals surface area contributed by atoms with Gasteiger partial charge in [-0.25, -0.2) is 9.97 Å². The first-order valence-corrected chi connectivity index (χ1v) is 12.1. The van der Waals surface area contributed by atoms with Gasteiger partial charge in [0.1, 0.15) is 16.5 Å². The Balaban J connectivity index is 1.57. The van der Waals surface area contributed by atoms with E-state index < -0.39 is 0 Å². The number of anilines is 1. The average Bonchev–Trinajstić information content (AvgIpc) is 3.44. The second-order valence-corrected chi connectivity index (χ2v) is 9.65. The third kappa shape index (κ3) is 3.94. The fraction of sp³-hybridized carbons (Fsp3) is 0.476. The molecule has 0 bridgehead atoms. The minimum Gasteiger partial charge on any atom is -0.379 e. The summed E-state index contributed by atoms with van der Waals surface area (Å²) in [6, 6.07) is 4.21. The van der Waals surface area contributed by atoms with Gasteiger partial charge in [-0.15, -0.1) is 22.7 Å². The van der Waals surface area contributed by atoms with E-state index in [1.165, 1.54) is 10.4 Å². The van der Waals surface area contributed by atoms with Crippen LogP contribution in [0, 0.1) is 5.92 Å². The summed E-state index contributed by atoms with van der Waals surface area (Å²) in [6.07, 6.45) is 1.79. The molecule has 2 aliphatic heterocycles. The van der Waals surface area contributed by atoms with Gasteiger partial charge in [0, 0.05) is 42.0 Å². The van der Waals surface area contributed by atoms with E-state index in [9.17, 15) is 4.79 Å². The minimum absolute atomic E-state index is 0.129. The summed E-state index contributed by atoms with van der Waals surface area (Å²) in [4.78, 5) is 28.7. The predicted octanol–water partition coefficient (Wildman–Crippen LogP) is 2.95. The van der Waals surface area contributed by atoms with E-state index >= 15 is 0 Å². The number of aromatic nitrogens is 2. The number of carbonyl (C=O) groups is 1. The molecular formula is C21H25N5O2S2. The van der Waals surface area contributed by atoms with Crippen LogP contribution in [0.15, 0.2) is 22.9 Å². The van der Waals surface area contributed by atoms with Crippen molar-refractivity contribution in [1.29, 1.82) is 0 Å². The molecule has 0 saturated carbocycles. The maximum Gasteiger partial charge on any atom is 0.222 e. The average molecular weight is 444 g/mol. The molecule has 0 radical (unpaired) electrons. The molecule has 1 amide bonds. The van der Waals surface area contributed by atoms with Gasteiger partial charge in [0.15, 0.2) is 0 Å². The normalized spacial score (nSPS) is 20.7. The molecule has 3 aromatic heterocycles. The van der Waals surface area contributed by atoms with Gasteiger partial charge in [-0.1, -0.05) is 6.07 Å². The molecule has 5 rings (SSSR count).